The second kappa shape index (κ2) is 13.9. The Morgan fingerprint density at radius 3 is 2.23 bits per heavy atom. The molecular formula is C32H27BrN2O5. The maximum atomic E-state index is 12.8. The molecule has 4 aromatic carbocycles. The molecule has 0 aromatic heterocycles. The van der Waals surface area contributed by atoms with Crippen LogP contribution in [-0.2, 0) is 18.0 Å². The third kappa shape index (κ3) is 7.65. The Morgan fingerprint density at radius 2 is 1.52 bits per heavy atom. The molecule has 202 valence electrons. The summed E-state index contributed by atoms with van der Waals surface area (Å²) in [5.41, 5.74) is 2.97. The molecule has 0 saturated heterocycles. The van der Waals surface area contributed by atoms with E-state index < -0.39 is 5.91 Å². The molecule has 1 N–H and O–H groups in total. The van der Waals surface area contributed by atoms with Gasteiger partial charge in [-0.3, -0.25) is 4.79 Å². The van der Waals surface area contributed by atoms with Gasteiger partial charge in [0.15, 0.2) is 11.5 Å². The first-order valence-corrected chi connectivity index (χ1v) is 13.1. The van der Waals surface area contributed by atoms with Crippen LogP contribution in [0, 0.1) is 11.3 Å². The van der Waals surface area contributed by atoms with Crippen molar-refractivity contribution in [1.29, 1.82) is 5.26 Å². The normalized spacial score (nSPS) is 10.8. The number of halogens is 1. The number of carbonyl (C=O) groups excluding carboxylic acids is 1. The Balaban J connectivity index is 1.47. The lowest BCUT2D eigenvalue weighted by Crippen LogP contribution is -2.13. The maximum absolute atomic E-state index is 12.8. The van der Waals surface area contributed by atoms with Crippen LogP contribution in [0.15, 0.2) is 101 Å². The second-order valence-corrected chi connectivity index (χ2v) is 9.50. The van der Waals surface area contributed by atoms with Crippen molar-refractivity contribution in [1.82, 2.24) is 0 Å². The van der Waals surface area contributed by atoms with E-state index in [9.17, 15) is 10.1 Å². The summed E-state index contributed by atoms with van der Waals surface area (Å²) in [6, 6.07) is 29.7. The minimum absolute atomic E-state index is 0.0691. The van der Waals surface area contributed by atoms with Gasteiger partial charge in [-0.15, -0.1) is 0 Å². The molecule has 4 aromatic rings. The van der Waals surface area contributed by atoms with Crippen molar-refractivity contribution in [2.75, 3.05) is 19.5 Å². The molecule has 0 unspecified atom stereocenters. The quantitative estimate of drug-likeness (QED) is 0.145. The molecule has 0 heterocycles. The van der Waals surface area contributed by atoms with E-state index in [1.54, 1.807) is 50.6 Å². The highest BCUT2D eigenvalue weighted by Gasteiger charge is 2.13. The van der Waals surface area contributed by atoms with E-state index in [2.05, 4.69) is 21.2 Å². The van der Waals surface area contributed by atoms with Crippen LogP contribution in [0.1, 0.15) is 16.7 Å². The summed E-state index contributed by atoms with van der Waals surface area (Å²) in [7, 11) is 3.16. The van der Waals surface area contributed by atoms with Crippen molar-refractivity contribution < 1.29 is 23.7 Å². The van der Waals surface area contributed by atoms with Crippen LogP contribution in [0.4, 0.5) is 5.69 Å². The lowest BCUT2D eigenvalue weighted by atomic mass is 10.1. The molecule has 0 aliphatic heterocycles. The fraction of sp³-hybridized carbons (Fsp3) is 0.125. The van der Waals surface area contributed by atoms with Gasteiger partial charge in [-0.1, -0.05) is 52.3 Å². The largest absolute Gasteiger partial charge is 0.497 e. The van der Waals surface area contributed by atoms with E-state index in [-0.39, 0.29) is 12.2 Å². The van der Waals surface area contributed by atoms with Crippen LogP contribution in [0.2, 0.25) is 0 Å². The summed E-state index contributed by atoms with van der Waals surface area (Å²) >= 11 is 3.46. The van der Waals surface area contributed by atoms with Crippen LogP contribution in [0.5, 0.6) is 23.0 Å². The lowest BCUT2D eigenvalue weighted by Gasteiger charge is -2.14. The molecule has 7 nitrogen and oxygen atoms in total. The van der Waals surface area contributed by atoms with Gasteiger partial charge in [0.25, 0.3) is 5.91 Å². The highest BCUT2D eigenvalue weighted by Crippen LogP contribution is 2.31. The average molecular weight is 599 g/mol. The molecule has 0 radical (unpaired) electrons. The zero-order valence-electron chi connectivity index (χ0n) is 22.0. The van der Waals surface area contributed by atoms with Crippen LogP contribution in [-0.4, -0.2) is 20.1 Å². The Morgan fingerprint density at radius 1 is 0.825 bits per heavy atom. The molecule has 1 amide bonds. The molecule has 0 atom stereocenters. The molecule has 0 spiro atoms. The summed E-state index contributed by atoms with van der Waals surface area (Å²) in [5.74, 6) is 1.86. The number of nitrogens with one attached hydrogen (secondary N) is 1. The number of hydrogen-bond donors (Lipinski definition) is 1. The number of nitrogens with zero attached hydrogens (tertiary/aromatic N) is 1. The number of hydrogen-bond acceptors (Lipinski definition) is 6. The van der Waals surface area contributed by atoms with Gasteiger partial charge in [-0.2, -0.15) is 5.26 Å². The Hall–Kier alpha value is -4.74. The van der Waals surface area contributed by atoms with Gasteiger partial charge in [-0.25, -0.2) is 0 Å². The first-order valence-electron chi connectivity index (χ1n) is 12.3. The summed E-state index contributed by atoms with van der Waals surface area (Å²) in [6.45, 7) is 0.659. The smallest absolute Gasteiger partial charge is 0.266 e. The highest BCUT2D eigenvalue weighted by atomic mass is 79.9. The monoisotopic (exact) mass is 598 g/mol. The zero-order chi connectivity index (χ0) is 28.3. The van der Waals surface area contributed by atoms with E-state index in [1.807, 2.05) is 60.7 Å². The number of rotatable bonds is 11. The van der Waals surface area contributed by atoms with Gasteiger partial charge < -0.3 is 24.3 Å². The van der Waals surface area contributed by atoms with Crippen molar-refractivity contribution in [3.8, 4) is 29.1 Å². The maximum Gasteiger partial charge on any atom is 0.266 e. The summed E-state index contributed by atoms with van der Waals surface area (Å²) in [4.78, 5) is 12.8. The zero-order valence-corrected chi connectivity index (χ0v) is 23.6. The van der Waals surface area contributed by atoms with Crippen molar-refractivity contribution in [2.24, 2.45) is 0 Å². The molecule has 0 saturated carbocycles. The standard InChI is InChI=1S/C32H27BrN2O5/c1-37-28-12-10-27(11-13-28)35-32(36)25(19-34)17-24-18-26(33)9-15-29(24)39-21-23-8-14-30(31(16-23)38-2)40-20-22-6-4-3-5-7-22/h3-18H,20-21H2,1-2H3,(H,35,36)/b25-17-. The number of methoxy groups -OCH3 is 2. The molecule has 8 heteroatoms. The van der Waals surface area contributed by atoms with Crippen molar-refractivity contribution >= 4 is 33.6 Å². The predicted molar refractivity (Wildman–Crippen MR) is 157 cm³/mol. The number of carbonyl (C=O) groups is 1. The van der Waals surface area contributed by atoms with E-state index in [1.165, 1.54) is 6.08 Å². The first-order chi connectivity index (χ1) is 19.5. The van der Waals surface area contributed by atoms with Gasteiger partial charge in [0.1, 0.15) is 36.4 Å². The predicted octanol–water partition coefficient (Wildman–Crippen LogP) is 7.17. The van der Waals surface area contributed by atoms with Crippen LogP contribution >= 0.6 is 15.9 Å². The van der Waals surface area contributed by atoms with Crippen LogP contribution in [0.25, 0.3) is 6.08 Å². The van der Waals surface area contributed by atoms with Gasteiger partial charge in [0.05, 0.1) is 14.2 Å². The van der Waals surface area contributed by atoms with Crippen molar-refractivity contribution in [3.63, 3.8) is 0 Å². The minimum atomic E-state index is -0.533. The summed E-state index contributed by atoms with van der Waals surface area (Å²) in [6.07, 6.45) is 1.50. The first kappa shape index (κ1) is 28.3. The SMILES string of the molecule is COc1ccc(NC(=O)/C(C#N)=C\c2cc(Br)ccc2OCc2ccc(OCc3ccccc3)c(OC)c2)cc1. The molecular weight excluding hydrogens is 572 g/mol. The lowest BCUT2D eigenvalue weighted by molar-refractivity contribution is -0.112. The highest BCUT2D eigenvalue weighted by molar-refractivity contribution is 9.10. The Bertz CT molecular complexity index is 1530. The number of ether oxygens (including phenoxy) is 4. The number of nitriles is 1. The fourth-order valence-electron chi connectivity index (χ4n) is 3.76. The molecule has 0 aliphatic carbocycles. The third-order valence-corrected chi connectivity index (χ3v) is 6.34. The number of benzene rings is 4. The van der Waals surface area contributed by atoms with Gasteiger partial charge in [0, 0.05) is 15.7 Å². The van der Waals surface area contributed by atoms with Crippen LogP contribution < -0.4 is 24.3 Å². The van der Waals surface area contributed by atoms with Crippen molar-refractivity contribution in [3.05, 3.63) is 118 Å². The van der Waals surface area contributed by atoms with Crippen LogP contribution in [0.3, 0.4) is 0 Å². The number of anilines is 1. The van der Waals surface area contributed by atoms with E-state index in [4.69, 9.17) is 18.9 Å². The van der Waals surface area contributed by atoms with Gasteiger partial charge >= 0.3 is 0 Å². The topological polar surface area (TPSA) is 89.8 Å². The third-order valence-electron chi connectivity index (χ3n) is 5.84. The molecule has 0 bridgehead atoms. The van der Waals surface area contributed by atoms with E-state index in [0.717, 1.165) is 15.6 Å². The molecule has 4 rings (SSSR count). The number of amides is 1. The average Bonchev–Trinajstić information content (AvgIpc) is 2.99. The minimum Gasteiger partial charge on any atom is -0.497 e. The van der Waals surface area contributed by atoms with Gasteiger partial charge in [0.2, 0.25) is 0 Å². The van der Waals surface area contributed by atoms with E-state index >= 15 is 0 Å². The van der Waals surface area contributed by atoms with Crippen molar-refractivity contribution in [2.45, 2.75) is 13.2 Å². The summed E-state index contributed by atoms with van der Waals surface area (Å²) in [5, 5.41) is 12.4. The molecule has 0 fully saturated rings. The Kier molecular flexibility index (Phi) is 9.81. The molecule has 40 heavy (non-hydrogen) atoms. The fourth-order valence-corrected chi connectivity index (χ4v) is 4.14. The van der Waals surface area contributed by atoms with E-state index in [0.29, 0.717) is 40.9 Å². The summed E-state index contributed by atoms with van der Waals surface area (Å²) < 4.78 is 23.5. The molecule has 0 aliphatic rings. The second-order valence-electron chi connectivity index (χ2n) is 8.58. The Labute approximate surface area is 241 Å². The van der Waals surface area contributed by atoms with Gasteiger partial charge in [-0.05, 0) is 71.8 Å².